The van der Waals surface area contributed by atoms with E-state index in [0.29, 0.717) is 11.6 Å². The van der Waals surface area contributed by atoms with E-state index >= 15 is 0 Å². The normalized spacial score (nSPS) is 15.1. The van der Waals surface area contributed by atoms with Crippen molar-refractivity contribution in [2.75, 3.05) is 7.05 Å². The van der Waals surface area contributed by atoms with Gasteiger partial charge in [0.15, 0.2) is 0 Å². The van der Waals surface area contributed by atoms with E-state index < -0.39 is 5.97 Å². The molecule has 1 aromatic heterocycles. The third-order valence-corrected chi connectivity index (χ3v) is 3.17. The fraction of sp³-hybridized carbons (Fsp3) is 0.417. The number of pyridine rings is 1. The lowest BCUT2D eigenvalue weighted by molar-refractivity contribution is 0.0652. The van der Waals surface area contributed by atoms with Crippen LogP contribution in [-0.4, -0.2) is 40.0 Å². The number of hydrogen-bond donors (Lipinski definition) is 1. The molecule has 5 nitrogen and oxygen atoms in total. The van der Waals surface area contributed by atoms with Crippen LogP contribution in [0, 0.1) is 0 Å². The van der Waals surface area contributed by atoms with Gasteiger partial charge in [0.25, 0.3) is 5.91 Å². The number of hydrogen-bond acceptors (Lipinski definition) is 3. The van der Waals surface area contributed by atoms with Gasteiger partial charge in [-0.15, -0.1) is 0 Å². The van der Waals surface area contributed by atoms with E-state index in [1.165, 1.54) is 12.3 Å². The molecule has 90 valence electrons. The number of nitrogens with zero attached hydrogens (tertiary/aromatic N) is 2. The van der Waals surface area contributed by atoms with Crippen molar-refractivity contribution in [2.24, 2.45) is 0 Å². The number of carboxylic acid groups (broad SMARTS) is 1. The first-order valence-corrected chi connectivity index (χ1v) is 5.56. The van der Waals surface area contributed by atoms with Crippen LogP contribution in [0.1, 0.15) is 40.1 Å². The Morgan fingerprint density at radius 2 is 2.18 bits per heavy atom. The van der Waals surface area contributed by atoms with Gasteiger partial charge in [-0.05, 0) is 31.4 Å². The molecule has 0 atom stereocenters. The standard InChI is InChI=1S/C12H14N2O3/c1-14(9-3-2-4-9)11(15)8-5-6-13-10(7-8)12(16)17/h5-7,9H,2-4H2,1H3,(H,16,17). The van der Waals surface area contributed by atoms with Crippen molar-refractivity contribution in [3.8, 4) is 0 Å². The molecule has 0 saturated heterocycles. The monoisotopic (exact) mass is 234 g/mol. The second kappa shape index (κ2) is 4.53. The van der Waals surface area contributed by atoms with Crippen LogP contribution < -0.4 is 0 Å². The van der Waals surface area contributed by atoms with Crippen molar-refractivity contribution >= 4 is 11.9 Å². The fourth-order valence-electron chi connectivity index (χ4n) is 1.82. The molecule has 0 bridgehead atoms. The zero-order chi connectivity index (χ0) is 12.4. The molecule has 0 aromatic carbocycles. The van der Waals surface area contributed by atoms with E-state index in [0.717, 1.165) is 19.3 Å². The van der Waals surface area contributed by atoms with Gasteiger partial charge in [-0.1, -0.05) is 0 Å². The van der Waals surface area contributed by atoms with Crippen molar-refractivity contribution in [3.63, 3.8) is 0 Å². The van der Waals surface area contributed by atoms with Crippen molar-refractivity contribution < 1.29 is 14.7 Å². The molecule has 1 N–H and O–H groups in total. The Balaban J connectivity index is 2.18. The van der Waals surface area contributed by atoms with Crippen molar-refractivity contribution in [2.45, 2.75) is 25.3 Å². The van der Waals surface area contributed by atoms with Crippen LogP contribution in [0.4, 0.5) is 0 Å². The summed E-state index contributed by atoms with van der Waals surface area (Å²) < 4.78 is 0. The van der Waals surface area contributed by atoms with Gasteiger partial charge in [0.05, 0.1) is 0 Å². The van der Waals surface area contributed by atoms with Crippen LogP contribution in [0.3, 0.4) is 0 Å². The maximum Gasteiger partial charge on any atom is 0.354 e. The fourth-order valence-corrected chi connectivity index (χ4v) is 1.82. The first-order valence-electron chi connectivity index (χ1n) is 5.56. The highest BCUT2D eigenvalue weighted by Crippen LogP contribution is 2.24. The van der Waals surface area contributed by atoms with Crippen molar-refractivity contribution in [1.82, 2.24) is 9.88 Å². The molecular formula is C12H14N2O3. The number of rotatable bonds is 3. The highest BCUT2D eigenvalue weighted by molar-refractivity contribution is 5.96. The number of amides is 1. The van der Waals surface area contributed by atoms with Gasteiger partial charge in [-0.3, -0.25) is 4.79 Å². The Morgan fingerprint density at radius 3 is 2.71 bits per heavy atom. The number of carbonyl (C=O) groups is 2. The summed E-state index contributed by atoms with van der Waals surface area (Å²) in [6, 6.07) is 3.16. The first kappa shape index (κ1) is 11.6. The number of carboxylic acids is 1. The summed E-state index contributed by atoms with van der Waals surface area (Å²) in [4.78, 5) is 28.2. The van der Waals surface area contributed by atoms with Crippen LogP contribution in [0.15, 0.2) is 18.3 Å². The quantitative estimate of drug-likeness (QED) is 0.858. The molecule has 0 aliphatic heterocycles. The summed E-state index contributed by atoms with van der Waals surface area (Å²) in [5.74, 6) is -1.26. The minimum Gasteiger partial charge on any atom is -0.477 e. The second-order valence-corrected chi connectivity index (χ2v) is 4.24. The lowest BCUT2D eigenvalue weighted by atomic mass is 9.91. The largest absolute Gasteiger partial charge is 0.477 e. The molecule has 1 heterocycles. The first-order chi connectivity index (χ1) is 8.09. The Bertz CT molecular complexity index is 455. The molecule has 1 fully saturated rings. The molecule has 1 aromatic rings. The summed E-state index contributed by atoms with van der Waals surface area (Å²) in [6.07, 6.45) is 4.56. The summed E-state index contributed by atoms with van der Waals surface area (Å²) in [6.45, 7) is 0. The molecule has 1 aliphatic rings. The van der Waals surface area contributed by atoms with E-state index in [1.54, 1.807) is 18.0 Å². The van der Waals surface area contributed by atoms with Crippen LogP contribution in [0.25, 0.3) is 0 Å². The third-order valence-electron chi connectivity index (χ3n) is 3.17. The summed E-state index contributed by atoms with van der Waals surface area (Å²) in [5.41, 5.74) is 0.282. The van der Waals surface area contributed by atoms with E-state index in [-0.39, 0.29) is 11.6 Å². The average Bonchev–Trinajstić information content (AvgIpc) is 2.25. The second-order valence-electron chi connectivity index (χ2n) is 4.24. The Morgan fingerprint density at radius 1 is 1.47 bits per heavy atom. The van der Waals surface area contributed by atoms with Crippen molar-refractivity contribution in [1.29, 1.82) is 0 Å². The summed E-state index contributed by atoms with van der Waals surface area (Å²) in [7, 11) is 1.76. The van der Waals surface area contributed by atoms with Gasteiger partial charge < -0.3 is 10.0 Å². The molecule has 0 radical (unpaired) electrons. The lowest BCUT2D eigenvalue weighted by Gasteiger charge is -2.34. The molecule has 0 spiro atoms. The van der Waals surface area contributed by atoms with E-state index in [2.05, 4.69) is 4.98 Å². The zero-order valence-electron chi connectivity index (χ0n) is 9.59. The molecule has 2 rings (SSSR count). The van der Waals surface area contributed by atoms with Crippen LogP contribution >= 0.6 is 0 Å². The molecule has 0 unspecified atom stereocenters. The van der Waals surface area contributed by atoms with Crippen molar-refractivity contribution in [3.05, 3.63) is 29.6 Å². The molecule has 5 heteroatoms. The summed E-state index contributed by atoms with van der Waals surface area (Å²) in [5, 5.41) is 8.81. The van der Waals surface area contributed by atoms with Gasteiger partial charge in [0.2, 0.25) is 0 Å². The highest BCUT2D eigenvalue weighted by atomic mass is 16.4. The van der Waals surface area contributed by atoms with Crippen LogP contribution in [-0.2, 0) is 0 Å². The highest BCUT2D eigenvalue weighted by Gasteiger charge is 2.26. The molecular weight excluding hydrogens is 220 g/mol. The average molecular weight is 234 g/mol. The maximum absolute atomic E-state index is 12.1. The maximum atomic E-state index is 12.1. The number of aromatic carboxylic acids is 1. The van der Waals surface area contributed by atoms with E-state index in [9.17, 15) is 9.59 Å². The molecule has 1 aliphatic carbocycles. The van der Waals surface area contributed by atoms with Gasteiger partial charge in [0.1, 0.15) is 5.69 Å². The Hall–Kier alpha value is -1.91. The van der Waals surface area contributed by atoms with Gasteiger partial charge >= 0.3 is 5.97 Å². The van der Waals surface area contributed by atoms with Crippen LogP contribution in [0.5, 0.6) is 0 Å². The molecule has 17 heavy (non-hydrogen) atoms. The van der Waals surface area contributed by atoms with E-state index in [1.807, 2.05) is 0 Å². The Kier molecular flexibility index (Phi) is 3.08. The number of aromatic nitrogens is 1. The third kappa shape index (κ3) is 2.27. The molecule has 1 saturated carbocycles. The van der Waals surface area contributed by atoms with Gasteiger partial charge in [0, 0.05) is 24.8 Å². The van der Waals surface area contributed by atoms with Gasteiger partial charge in [-0.25, -0.2) is 9.78 Å². The Labute approximate surface area is 99.1 Å². The zero-order valence-corrected chi connectivity index (χ0v) is 9.59. The predicted octanol–water partition coefficient (Wildman–Crippen LogP) is 1.40. The number of carbonyl (C=O) groups excluding carboxylic acids is 1. The van der Waals surface area contributed by atoms with Crippen LogP contribution in [0.2, 0.25) is 0 Å². The van der Waals surface area contributed by atoms with Gasteiger partial charge in [-0.2, -0.15) is 0 Å². The minimum absolute atomic E-state index is 0.0992. The minimum atomic E-state index is -1.12. The topological polar surface area (TPSA) is 70.5 Å². The van der Waals surface area contributed by atoms with E-state index in [4.69, 9.17) is 5.11 Å². The molecule has 1 amide bonds. The lowest BCUT2D eigenvalue weighted by Crippen LogP contribution is -2.41. The SMILES string of the molecule is CN(C(=O)c1ccnc(C(=O)O)c1)C1CCC1. The smallest absolute Gasteiger partial charge is 0.354 e. The summed E-state index contributed by atoms with van der Waals surface area (Å²) >= 11 is 0. The predicted molar refractivity (Wildman–Crippen MR) is 60.9 cm³/mol.